The van der Waals surface area contributed by atoms with Crippen molar-refractivity contribution in [1.29, 1.82) is 0 Å². The van der Waals surface area contributed by atoms with Crippen molar-refractivity contribution >= 4 is 47.2 Å². The Morgan fingerprint density at radius 3 is 2.75 bits per heavy atom. The third-order valence-electron chi connectivity index (χ3n) is 4.88. The summed E-state index contributed by atoms with van der Waals surface area (Å²) in [5.74, 6) is -2.57. The van der Waals surface area contributed by atoms with Crippen molar-refractivity contribution in [2.24, 2.45) is 5.73 Å². The van der Waals surface area contributed by atoms with E-state index in [-0.39, 0.29) is 44.8 Å². The smallest absolute Gasteiger partial charge is 0.407 e. The number of nitrogens with one attached hydrogen (secondary N) is 3. The van der Waals surface area contributed by atoms with E-state index in [1.807, 2.05) is 24.3 Å². The molecule has 1 aromatic carbocycles. The molecule has 174 valence electrons. The molecule has 1 fully saturated rings. The van der Waals surface area contributed by atoms with Crippen molar-refractivity contribution in [2.75, 3.05) is 13.2 Å². The minimum atomic E-state index is -1.29. The van der Waals surface area contributed by atoms with E-state index < -0.39 is 42.1 Å². The zero-order valence-electron chi connectivity index (χ0n) is 17.0. The molecule has 0 bridgehead atoms. The van der Waals surface area contributed by atoms with Crippen molar-refractivity contribution in [3.05, 3.63) is 36.0 Å². The maximum atomic E-state index is 12.4. The predicted octanol–water partition coefficient (Wildman–Crippen LogP) is 0.461. The standard InChI is InChI=1S/C20H24N4O7.ClH/c21-14(7-11-8-22-15-4-2-1-3-13(11)15)18(26)24-16(19(27)28)5-6-17(25)30-10-12-9-23-20(29)31-12;/h1-4,8,12,14,16,22H,5-7,9-10,21H2,(H,23,29)(H,24,26)(H,27,28);1H/t12-,14-,16-;/m0./s1. The molecule has 0 spiro atoms. The zero-order chi connectivity index (χ0) is 22.4. The van der Waals surface area contributed by atoms with Gasteiger partial charge in [-0.25, -0.2) is 9.59 Å². The first-order valence-electron chi connectivity index (χ1n) is 9.77. The van der Waals surface area contributed by atoms with Crippen molar-refractivity contribution < 1.29 is 33.8 Å². The number of aliphatic carboxylic acids is 1. The number of carbonyl (C=O) groups excluding carboxylic acids is 3. The van der Waals surface area contributed by atoms with Gasteiger partial charge in [0.25, 0.3) is 0 Å². The minimum absolute atomic E-state index is 0. The quantitative estimate of drug-likeness (QED) is 0.313. The van der Waals surface area contributed by atoms with Gasteiger partial charge in [-0.1, -0.05) is 18.2 Å². The van der Waals surface area contributed by atoms with Gasteiger partial charge in [0, 0.05) is 23.5 Å². The summed E-state index contributed by atoms with van der Waals surface area (Å²) in [5.41, 5.74) is 7.73. The molecule has 32 heavy (non-hydrogen) atoms. The Balaban J connectivity index is 0.00000363. The van der Waals surface area contributed by atoms with E-state index in [9.17, 15) is 24.3 Å². The van der Waals surface area contributed by atoms with Crippen LogP contribution >= 0.6 is 12.4 Å². The Bertz CT molecular complexity index is 980. The van der Waals surface area contributed by atoms with E-state index in [4.69, 9.17) is 15.2 Å². The number of nitrogens with two attached hydrogens (primary N) is 1. The molecular weight excluding hydrogens is 444 g/mol. The Labute approximate surface area is 189 Å². The van der Waals surface area contributed by atoms with E-state index in [0.29, 0.717) is 0 Å². The number of carboxylic acids is 1. The lowest BCUT2D eigenvalue weighted by atomic mass is 10.0. The predicted molar refractivity (Wildman–Crippen MR) is 115 cm³/mol. The van der Waals surface area contributed by atoms with E-state index in [1.165, 1.54) is 0 Å². The molecule has 0 saturated carbocycles. The minimum Gasteiger partial charge on any atom is -0.480 e. The van der Waals surface area contributed by atoms with Crippen molar-refractivity contribution in [3.8, 4) is 0 Å². The average molecular weight is 469 g/mol. The van der Waals surface area contributed by atoms with Crippen LogP contribution in [0.4, 0.5) is 4.79 Å². The van der Waals surface area contributed by atoms with Crippen molar-refractivity contribution in [1.82, 2.24) is 15.6 Å². The molecule has 3 rings (SSSR count). The summed E-state index contributed by atoms with van der Waals surface area (Å²) in [6.45, 7) is 0.103. The van der Waals surface area contributed by atoms with Crippen LogP contribution in [0.2, 0.25) is 0 Å². The van der Waals surface area contributed by atoms with Crippen LogP contribution in [0.1, 0.15) is 18.4 Å². The Kier molecular flexibility index (Phi) is 8.85. The van der Waals surface area contributed by atoms with Gasteiger partial charge in [0.2, 0.25) is 5.91 Å². The number of benzene rings is 1. The van der Waals surface area contributed by atoms with Crippen LogP contribution in [-0.4, -0.2) is 65.4 Å². The normalized spacial score (nSPS) is 16.9. The van der Waals surface area contributed by atoms with Crippen LogP contribution in [0.5, 0.6) is 0 Å². The number of esters is 1. The first-order valence-corrected chi connectivity index (χ1v) is 9.77. The largest absolute Gasteiger partial charge is 0.480 e. The highest BCUT2D eigenvalue weighted by Gasteiger charge is 2.26. The van der Waals surface area contributed by atoms with Crippen LogP contribution in [-0.2, 0) is 30.3 Å². The van der Waals surface area contributed by atoms with Gasteiger partial charge in [-0.05, 0) is 24.5 Å². The summed E-state index contributed by atoms with van der Waals surface area (Å²) in [6.07, 6.45) is 0.427. The number of carbonyl (C=O) groups is 4. The highest BCUT2D eigenvalue weighted by molar-refractivity contribution is 5.89. The van der Waals surface area contributed by atoms with Crippen LogP contribution in [0.15, 0.2) is 30.5 Å². The maximum absolute atomic E-state index is 12.4. The molecule has 0 radical (unpaired) electrons. The Hall–Kier alpha value is -3.31. The summed E-state index contributed by atoms with van der Waals surface area (Å²) in [6, 6.07) is 5.31. The number of aromatic amines is 1. The summed E-state index contributed by atoms with van der Waals surface area (Å²) in [4.78, 5) is 49.8. The number of carboxylic acid groups (broad SMARTS) is 1. The summed E-state index contributed by atoms with van der Waals surface area (Å²) < 4.78 is 9.81. The third kappa shape index (κ3) is 6.59. The van der Waals surface area contributed by atoms with Crippen LogP contribution < -0.4 is 16.4 Å². The number of H-pyrrole nitrogens is 1. The second-order valence-electron chi connectivity index (χ2n) is 7.20. The molecule has 12 heteroatoms. The van der Waals surface area contributed by atoms with Crippen molar-refractivity contribution in [3.63, 3.8) is 0 Å². The number of hydrogen-bond acceptors (Lipinski definition) is 7. The third-order valence-corrected chi connectivity index (χ3v) is 4.88. The number of para-hydroxylation sites is 1. The second-order valence-corrected chi connectivity index (χ2v) is 7.20. The average Bonchev–Trinajstić information content (AvgIpc) is 3.35. The van der Waals surface area contributed by atoms with E-state index in [2.05, 4.69) is 15.6 Å². The SMILES string of the molecule is Cl.N[C@@H](Cc1c[nH]c2ccccc12)C(=O)N[C@@H](CCC(=O)OC[C@@H]1CNC(=O)O1)C(=O)O. The highest BCUT2D eigenvalue weighted by Crippen LogP contribution is 2.18. The topological polar surface area (TPSA) is 173 Å². The Morgan fingerprint density at radius 2 is 2.06 bits per heavy atom. The number of hydrogen-bond donors (Lipinski definition) is 5. The number of halogens is 1. The summed E-state index contributed by atoms with van der Waals surface area (Å²) >= 11 is 0. The van der Waals surface area contributed by atoms with Crippen molar-refractivity contribution in [2.45, 2.75) is 37.5 Å². The number of alkyl carbamates (subject to hydrolysis) is 1. The fraction of sp³-hybridized carbons (Fsp3) is 0.400. The number of fused-ring (bicyclic) bond motifs is 1. The van der Waals surface area contributed by atoms with Crippen LogP contribution in [0.25, 0.3) is 10.9 Å². The fourth-order valence-corrected chi connectivity index (χ4v) is 3.21. The summed E-state index contributed by atoms with van der Waals surface area (Å²) in [7, 11) is 0. The molecule has 1 aromatic heterocycles. The van der Waals surface area contributed by atoms with Gasteiger partial charge in [-0.15, -0.1) is 12.4 Å². The van der Waals surface area contributed by atoms with E-state index >= 15 is 0 Å². The molecule has 1 aliphatic heterocycles. The monoisotopic (exact) mass is 468 g/mol. The van der Waals surface area contributed by atoms with Gasteiger partial charge in [-0.2, -0.15) is 0 Å². The Morgan fingerprint density at radius 1 is 1.31 bits per heavy atom. The highest BCUT2D eigenvalue weighted by atomic mass is 35.5. The van der Waals surface area contributed by atoms with Gasteiger partial charge in [0.15, 0.2) is 6.10 Å². The molecule has 3 atom stereocenters. The van der Waals surface area contributed by atoms with E-state index in [1.54, 1.807) is 6.20 Å². The number of ether oxygens (including phenoxy) is 2. The molecular formula is C20H25ClN4O7. The number of cyclic esters (lactones) is 1. The van der Waals surface area contributed by atoms with Gasteiger partial charge in [0.05, 0.1) is 12.6 Å². The van der Waals surface area contributed by atoms with Gasteiger partial charge in [-0.3, -0.25) is 9.59 Å². The molecule has 1 saturated heterocycles. The van der Waals surface area contributed by atoms with Gasteiger partial charge >= 0.3 is 18.0 Å². The molecule has 2 heterocycles. The van der Waals surface area contributed by atoms with Gasteiger partial charge < -0.3 is 35.9 Å². The van der Waals surface area contributed by atoms with Crippen LogP contribution in [0.3, 0.4) is 0 Å². The molecule has 2 aromatic rings. The van der Waals surface area contributed by atoms with Crippen LogP contribution in [0, 0.1) is 0 Å². The second kappa shape index (κ2) is 11.3. The van der Waals surface area contributed by atoms with E-state index in [0.717, 1.165) is 16.5 Å². The lowest BCUT2D eigenvalue weighted by molar-refractivity contribution is -0.147. The lowest BCUT2D eigenvalue weighted by Gasteiger charge is -2.17. The molecule has 6 N–H and O–H groups in total. The molecule has 0 aliphatic carbocycles. The summed E-state index contributed by atoms with van der Waals surface area (Å²) in [5, 5.41) is 15.1. The number of aromatic nitrogens is 1. The molecule has 11 nitrogen and oxygen atoms in total. The maximum Gasteiger partial charge on any atom is 0.407 e. The molecule has 0 unspecified atom stereocenters. The molecule has 1 aliphatic rings. The molecule has 2 amide bonds. The number of rotatable bonds is 10. The van der Waals surface area contributed by atoms with Gasteiger partial charge in [0.1, 0.15) is 12.6 Å². The zero-order valence-corrected chi connectivity index (χ0v) is 17.9. The fourth-order valence-electron chi connectivity index (χ4n) is 3.21. The first-order chi connectivity index (χ1) is 14.8. The lowest BCUT2D eigenvalue weighted by Crippen LogP contribution is -2.49. The first kappa shape index (κ1) is 25.0. The number of amides is 2.